The number of nitrogens with zero attached hydrogens (tertiary/aromatic N) is 2. The van der Waals surface area contributed by atoms with Gasteiger partial charge in [-0.1, -0.05) is 40.2 Å². The highest BCUT2D eigenvalue weighted by Crippen LogP contribution is 2.40. The molecule has 0 saturated carbocycles. The van der Waals surface area contributed by atoms with Gasteiger partial charge in [-0.3, -0.25) is 0 Å². The topological polar surface area (TPSA) is 60.0 Å². The van der Waals surface area contributed by atoms with Gasteiger partial charge in [0.05, 0.1) is 7.11 Å². The zero-order chi connectivity index (χ0) is 15.7. The number of hydrogen-bond acceptors (Lipinski definition) is 4. The predicted octanol–water partition coefficient (Wildman–Crippen LogP) is 3.36. The van der Waals surface area contributed by atoms with Crippen molar-refractivity contribution in [3.63, 3.8) is 0 Å². The fourth-order valence-corrected chi connectivity index (χ4v) is 3.01. The Morgan fingerprint density at radius 3 is 2.36 bits per heavy atom. The van der Waals surface area contributed by atoms with Gasteiger partial charge in [0.2, 0.25) is 5.66 Å². The number of halogens is 1. The largest absolute Gasteiger partial charge is 0.497 e. The summed E-state index contributed by atoms with van der Waals surface area (Å²) < 4.78 is 6.17. The van der Waals surface area contributed by atoms with Crippen LogP contribution in [-0.2, 0) is 5.66 Å². The van der Waals surface area contributed by atoms with Crippen LogP contribution in [0.3, 0.4) is 0 Å². The van der Waals surface area contributed by atoms with E-state index in [0.717, 1.165) is 21.3 Å². The van der Waals surface area contributed by atoms with Crippen molar-refractivity contribution < 1.29 is 4.74 Å². The molecule has 0 fully saturated rings. The van der Waals surface area contributed by atoms with E-state index >= 15 is 0 Å². The van der Waals surface area contributed by atoms with Crippen LogP contribution in [0.15, 0.2) is 63.0 Å². The van der Waals surface area contributed by atoms with Gasteiger partial charge in [-0.25, -0.2) is 9.98 Å². The average Bonchev–Trinajstić information content (AvgIpc) is 2.84. The van der Waals surface area contributed by atoms with Crippen LogP contribution in [0, 0.1) is 0 Å². The summed E-state index contributed by atoms with van der Waals surface area (Å²) >= 11 is 7.82. The molecule has 2 N–H and O–H groups in total. The van der Waals surface area contributed by atoms with Crippen LogP contribution in [-0.4, -0.2) is 18.0 Å². The second-order valence-corrected chi connectivity index (χ2v) is 6.18. The number of methoxy groups -OCH3 is 1. The van der Waals surface area contributed by atoms with Crippen molar-refractivity contribution >= 4 is 39.4 Å². The minimum atomic E-state index is -0.906. The molecule has 1 atom stereocenters. The van der Waals surface area contributed by atoms with Crippen molar-refractivity contribution in [3.8, 4) is 5.75 Å². The van der Waals surface area contributed by atoms with Crippen LogP contribution < -0.4 is 10.5 Å². The van der Waals surface area contributed by atoms with Gasteiger partial charge in [-0.15, -0.1) is 12.6 Å². The maximum Gasteiger partial charge on any atom is 0.205 e. The Balaban J connectivity index is 2.21. The van der Waals surface area contributed by atoms with Crippen molar-refractivity contribution in [1.29, 1.82) is 0 Å². The van der Waals surface area contributed by atoms with Gasteiger partial charge in [-0.05, 0) is 24.3 Å². The van der Waals surface area contributed by atoms with E-state index < -0.39 is 5.66 Å². The van der Waals surface area contributed by atoms with Gasteiger partial charge in [0.1, 0.15) is 10.8 Å². The molecule has 2 aromatic carbocycles. The number of nitrogens with two attached hydrogens (primary N) is 1. The first-order chi connectivity index (χ1) is 10.5. The lowest BCUT2D eigenvalue weighted by atomic mass is 9.92. The molecule has 1 aliphatic heterocycles. The van der Waals surface area contributed by atoms with E-state index in [9.17, 15) is 0 Å². The summed E-state index contributed by atoms with van der Waals surface area (Å²) in [5.41, 5.74) is 6.84. The summed E-state index contributed by atoms with van der Waals surface area (Å²) in [6.07, 6.45) is 0. The molecule has 1 heterocycles. The smallest absolute Gasteiger partial charge is 0.205 e. The molecule has 2 aromatic rings. The van der Waals surface area contributed by atoms with E-state index in [0.29, 0.717) is 10.9 Å². The van der Waals surface area contributed by atoms with Crippen molar-refractivity contribution in [3.05, 3.63) is 64.1 Å². The Labute approximate surface area is 142 Å². The second-order valence-electron chi connectivity index (χ2n) is 4.84. The summed E-state index contributed by atoms with van der Waals surface area (Å²) in [4.78, 5) is 9.22. The van der Waals surface area contributed by atoms with E-state index in [1.54, 1.807) is 7.11 Å². The molecule has 0 saturated heterocycles. The molecule has 0 aliphatic carbocycles. The number of thiol groups is 1. The third kappa shape index (κ3) is 2.53. The molecule has 4 nitrogen and oxygen atoms in total. The van der Waals surface area contributed by atoms with E-state index in [2.05, 4.69) is 38.5 Å². The second kappa shape index (κ2) is 5.78. The minimum absolute atomic E-state index is 0.333. The maximum atomic E-state index is 5.93. The molecule has 0 radical (unpaired) electrons. The van der Waals surface area contributed by atoms with E-state index in [1.165, 1.54) is 0 Å². The van der Waals surface area contributed by atoms with Gasteiger partial charge in [0.25, 0.3) is 0 Å². The summed E-state index contributed by atoms with van der Waals surface area (Å²) in [5, 5.41) is 0.441. The quantitative estimate of drug-likeness (QED) is 0.808. The van der Waals surface area contributed by atoms with Crippen LogP contribution >= 0.6 is 28.6 Å². The highest BCUT2D eigenvalue weighted by molar-refractivity contribution is 9.10. The number of aliphatic imine (C=N–C) groups is 2. The number of amidine groups is 1. The Kier molecular flexibility index (Phi) is 3.97. The van der Waals surface area contributed by atoms with Gasteiger partial charge in [0.15, 0.2) is 5.84 Å². The molecule has 0 aromatic heterocycles. The zero-order valence-corrected chi connectivity index (χ0v) is 14.3. The number of rotatable bonds is 3. The molecule has 1 unspecified atom stereocenters. The van der Waals surface area contributed by atoms with Crippen molar-refractivity contribution in [2.75, 3.05) is 7.11 Å². The molecular weight excluding hydrogens is 362 g/mol. The van der Waals surface area contributed by atoms with Crippen LogP contribution in [0.25, 0.3) is 0 Å². The molecule has 3 rings (SSSR count). The first-order valence-electron chi connectivity index (χ1n) is 6.60. The van der Waals surface area contributed by atoms with Gasteiger partial charge in [0, 0.05) is 15.6 Å². The zero-order valence-electron chi connectivity index (χ0n) is 11.8. The maximum absolute atomic E-state index is 5.93. The summed E-state index contributed by atoms with van der Waals surface area (Å²) in [7, 11) is 1.63. The van der Waals surface area contributed by atoms with Crippen LogP contribution in [0.5, 0.6) is 5.75 Å². The molecule has 0 amide bonds. The van der Waals surface area contributed by atoms with Crippen LogP contribution in [0.4, 0.5) is 0 Å². The van der Waals surface area contributed by atoms with E-state index in [-0.39, 0.29) is 0 Å². The third-order valence-electron chi connectivity index (χ3n) is 3.50. The lowest BCUT2D eigenvalue weighted by molar-refractivity contribution is 0.414. The normalized spacial score (nSPS) is 20.5. The average molecular weight is 376 g/mol. The number of hydrogen-bond donors (Lipinski definition) is 2. The van der Waals surface area contributed by atoms with Crippen molar-refractivity contribution in [1.82, 2.24) is 0 Å². The summed E-state index contributed by atoms with van der Waals surface area (Å²) in [6, 6.07) is 15.5. The van der Waals surface area contributed by atoms with Crippen molar-refractivity contribution in [2.45, 2.75) is 5.66 Å². The molecule has 6 heteroatoms. The Bertz CT molecular complexity index is 753. The lowest BCUT2D eigenvalue weighted by Gasteiger charge is -2.24. The van der Waals surface area contributed by atoms with Crippen LogP contribution in [0.2, 0.25) is 0 Å². The summed E-state index contributed by atoms with van der Waals surface area (Å²) in [5.74, 6) is 1.11. The van der Waals surface area contributed by atoms with E-state index in [1.807, 2.05) is 48.5 Å². The first kappa shape index (κ1) is 15.1. The Morgan fingerprint density at radius 1 is 1.09 bits per heavy atom. The van der Waals surface area contributed by atoms with Gasteiger partial charge >= 0.3 is 0 Å². The Hall–Kier alpha value is -1.79. The predicted molar refractivity (Wildman–Crippen MR) is 96.0 cm³/mol. The lowest BCUT2D eigenvalue weighted by Crippen LogP contribution is -2.22. The number of benzene rings is 2. The molecule has 0 spiro atoms. The van der Waals surface area contributed by atoms with Crippen LogP contribution in [0.1, 0.15) is 11.1 Å². The first-order valence-corrected chi connectivity index (χ1v) is 7.84. The Morgan fingerprint density at radius 2 is 1.82 bits per heavy atom. The van der Waals surface area contributed by atoms with Crippen molar-refractivity contribution in [2.24, 2.45) is 15.7 Å². The molecule has 112 valence electrons. The standard InChI is InChI=1S/C16H14BrN3OS/c1-21-13-7-5-10(6-8-13)16(19-14(18)15(22)20-16)11-3-2-4-12(17)9-11/h2-9H,1H3,(H2,18,19)(H,20,22). The summed E-state index contributed by atoms with van der Waals surface area (Å²) in [6.45, 7) is 0. The van der Waals surface area contributed by atoms with Gasteiger partial charge < -0.3 is 10.5 Å². The molecular formula is C16H14BrN3OS. The molecule has 0 bridgehead atoms. The SMILES string of the molecule is COc1ccc(C2(c3cccc(Br)c3)N=C(N)C(S)=N2)cc1. The fraction of sp³-hybridized carbons (Fsp3) is 0.125. The third-order valence-corrected chi connectivity index (χ3v) is 4.32. The number of ether oxygens (including phenoxy) is 1. The van der Waals surface area contributed by atoms with E-state index in [4.69, 9.17) is 10.5 Å². The van der Waals surface area contributed by atoms with Gasteiger partial charge in [-0.2, -0.15) is 0 Å². The monoisotopic (exact) mass is 375 g/mol. The highest BCUT2D eigenvalue weighted by Gasteiger charge is 2.38. The highest BCUT2D eigenvalue weighted by atomic mass is 79.9. The molecule has 1 aliphatic rings. The molecule has 22 heavy (non-hydrogen) atoms. The fourth-order valence-electron chi connectivity index (χ4n) is 2.41. The minimum Gasteiger partial charge on any atom is -0.497 e.